The van der Waals surface area contributed by atoms with Crippen LogP contribution in [0.25, 0.3) is 0 Å². The first kappa shape index (κ1) is 11.5. The topological polar surface area (TPSA) is 55.4 Å². The highest BCUT2D eigenvalue weighted by Crippen LogP contribution is 2.13. The van der Waals surface area contributed by atoms with Gasteiger partial charge < -0.3 is 10.1 Å². The summed E-state index contributed by atoms with van der Waals surface area (Å²) in [5.74, 6) is -0.280. The summed E-state index contributed by atoms with van der Waals surface area (Å²) in [6.07, 6.45) is 0.572. The average molecular weight is 264 g/mol. The van der Waals surface area contributed by atoms with Crippen molar-refractivity contribution < 1.29 is 14.3 Å². The third-order valence-corrected chi connectivity index (χ3v) is 3.56. The summed E-state index contributed by atoms with van der Waals surface area (Å²) in [6.45, 7) is 4.27. The number of nitrogens with one attached hydrogen (secondary N) is 1. The Balaban J connectivity index is 2.44. The Labute approximate surface area is 91.5 Å². The predicted molar refractivity (Wildman–Crippen MR) is 55.1 cm³/mol. The van der Waals surface area contributed by atoms with Crippen LogP contribution in [0.3, 0.4) is 0 Å². The normalized spacial score (nSPS) is 23.4. The number of halogens is 1. The quantitative estimate of drug-likeness (QED) is 0.607. The van der Waals surface area contributed by atoms with E-state index in [1.807, 2.05) is 13.8 Å². The van der Waals surface area contributed by atoms with Gasteiger partial charge in [0, 0.05) is 6.42 Å². The molecule has 4 nitrogen and oxygen atoms in total. The zero-order valence-corrected chi connectivity index (χ0v) is 9.83. The average Bonchev–Trinajstić information content (AvgIpc) is 2.50. The van der Waals surface area contributed by atoms with Crippen molar-refractivity contribution in [2.24, 2.45) is 5.92 Å². The summed E-state index contributed by atoms with van der Waals surface area (Å²) in [7, 11) is 0. The number of carbonyl (C=O) groups excluding carboxylic acids is 2. The van der Waals surface area contributed by atoms with Crippen LogP contribution in [0.5, 0.6) is 0 Å². The maximum Gasteiger partial charge on any atom is 0.328 e. The van der Waals surface area contributed by atoms with Crippen LogP contribution >= 0.6 is 15.9 Å². The molecule has 0 aromatic heterocycles. The largest absolute Gasteiger partial charge is 0.464 e. The van der Waals surface area contributed by atoms with E-state index < -0.39 is 6.04 Å². The standard InChI is InChI=1S/C9H14BrNO3/c1-5(2)7(10)8(12)11-6-3-4-14-9(6)13/h5-7H,3-4H2,1-2H3,(H,11,12). The smallest absolute Gasteiger partial charge is 0.328 e. The van der Waals surface area contributed by atoms with E-state index in [1.165, 1.54) is 0 Å². The van der Waals surface area contributed by atoms with Crippen LogP contribution in [0.15, 0.2) is 0 Å². The first-order chi connectivity index (χ1) is 6.52. The molecule has 0 aliphatic carbocycles. The molecule has 1 fully saturated rings. The molecule has 0 aromatic carbocycles. The Hall–Kier alpha value is -0.580. The molecule has 1 heterocycles. The number of amides is 1. The number of ether oxygens (including phenoxy) is 1. The Morgan fingerprint density at radius 3 is 2.71 bits per heavy atom. The fourth-order valence-corrected chi connectivity index (χ4v) is 1.31. The maximum atomic E-state index is 11.5. The molecule has 1 N–H and O–H groups in total. The first-order valence-corrected chi connectivity index (χ1v) is 5.55. The van der Waals surface area contributed by atoms with Crippen molar-refractivity contribution in [3.05, 3.63) is 0 Å². The molecule has 0 spiro atoms. The van der Waals surface area contributed by atoms with E-state index >= 15 is 0 Å². The molecule has 1 aliphatic heterocycles. The molecule has 80 valence electrons. The van der Waals surface area contributed by atoms with Crippen molar-refractivity contribution in [3.63, 3.8) is 0 Å². The zero-order chi connectivity index (χ0) is 10.7. The Bertz CT molecular complexity index is 242. The van der Waals surface area contributed by atoms with Gasteiger partial charge in [0.1, 0.15) is 6.04 Å². The summed E-state index contributed by atoms with van der Waals surface area (Å²) < 4.78 is 4.74. The lowest BCUT2D eigenvalue weighted by Gasteiger charge is -2.15. The van der Waals surface area contributed by atoms with E-state index in [0.29, 0.717) is 13.0 Å². The van der Waals surface area contributed by atoms with Gasteiger partial charge in [-0.25, -0.2) is 4.79 Å². The van der Waals surface area contributed by atoms with E-state index in [1.54, 1.807) is 0 Å². The van der Waals surface area contributed by atoms with Crippen molar-refractivity contribution in [2.75, 3.05) is 6.61 Å². The number of rotatable bonds is 3. The van der Waals surface area contributed by atoms with Crippen LogP contribution in [0.1, 0.15) is 20.3 Å². The molecule has 0 aromatic rings. The van der Waals surface area contributed by atoms with Crippen LogP contribution in [-0.4, -0.2) is 29.4 Å². The molecule has 0 radical (unpaired) electrons. The molecule has 14 heavy (non-hydrogen) atoms. The molecule has 0 saturated carbocycles. The number of cyclic esters (lactones) is 1. The van der Waals surface area contributed by atoms with Crippen LogP contribution in [-0.2, 0) is 14.3 Å². The summed E-state index contributed by atoms with van der Waals surface area (Å²) in [5, 5.41) is 2.65. The molecule has 1 saturated heterocycles. The van der Waals surface area contributed by atoms with E-state index in [0.717, 1.165) is 0 Å². The van der Waals surface area contributed by atoms with Crippen LogP contribution in [0, 0.1) is 5.92 Å². The molecule has 5 heteroatoms. The van der Waals surface area contributed by atoms with Gasteiger partial charge in [-0.3, -0.25) is 4.79 Å². The SMILES string of the molecule is CC(C)C(Br)C(=O)NC1CCOC1=O. The van der Waals surface area contributed by atoms with Crippen molar-refractivity contribution in [1.82, 2.24) is 5.32 Å². The van der Waals surface area contributed by atoms with Gasteiger partial charge in [-0.15, -0.1) is 0 Å². The van der Waals surface area contributed by atoms with E-state index in [2.05, 4.69) is 21.2 Å². The highest BCUT2D eigenvalue weighted by atomic mass is 79.9. The fraction of sp³-hybridized carbons (Fsp3) is 0.778. The second kappa shape index (κ2) is 4.77. The molecule has 2 unspecified atom stereocenters. The summed E-state index contributed by atoms with van der Waals surface area (Å²) in [6, 6.07) is -0.457. The minimum Gasteiger partial charge on any atom is -0.464 e. The van der Waals surface area contributed by atoms with Crippen molar-refractivity contribution in [1.29, 1.82) is 0 Å². The zero-order valence-electron chi connectivity index (χ0n) is 8.25. The van der Waals surface area contributed by atoms with Gasteiger partial charge in [0.25, 0.3) is 0 Å². The number of esters is 1. The molecule has 0 bridgehead atoms. The summed E-state index contributed by atoms with van der Waals surface area (Å²) in [4.78, 5) is 22.3. The number of hydrogen-bond donors (Lipinski definition) is 1. The van der Waals surface area contributed by atoms with Gasteiger partial charge in [-0.05, 0) is 5.92 Å². The van der Waals surface area contributed by atoms with E-state index in [-0.39, 0.29) is 22.6 Å². The van der Waals surface area contributed by atoms with Gasteiger partial charge >= 0.3 is 5.97 Å². The lowest BCUT2D eigenvalue weighted by Crippen LogP contribution is -2.43. The molecular weight excluding hydrogens is 250 g/mol. The molecule has 1 amide bonds. The molecular formula is C9H14BrNO3. The van der Waals surface area contributed by atoms with Crippen molar-refractivity contribution in [3.8, 4) is 0 Å². The van der Waals surface area contributed by atoms with Crippen molar-refractivity contribution in [2.45, 2.75) is 31.1 Å². The minimum absolute atomic E-state index is 0.149. The third-order valence-electron chi connectivity index (χ3n) is 2.09. The third kappa shape index (κ3) is 2.70. The highest BCUT2D eigenvalue weighted by Gasteiger charge is 2.30. The highest BCUT2D eigenvalue weighted by molar-refractivity contribution is 9.10. The van der Waals surface area contributed by atoms with Gasteiger partial charge in [-0.2, -0.15) is 0 Å². The molecule has 1 rings (SSSR count). The lowest BCUT2D eigenvalue weighted by atomic mass is 10.1. The van der Waals surface area contributed by atoms with Gasteiger partial charge in [0.15, 0.2) is 0 Å². The van der Waals surface area contributed by atoms with Crippen molar-refractivity contribution >= 4 is 27.8 Å². The molecule has 2 atom stereocenters. The minimum atomic E-state index is -0.457. The summed E-state index contributed by atoms with van der Waals surface area (Å²) in [5.41, 5.74) is 0. The first-order valence-electron chi connectivity index (χ1n) is 4.63. The Kier molecular flexibility index (Phi) is 3.92. The number of hydrogen-bond acceptors (Lipinski definition) is 3. The van der Waals surface area contributed by atoms with Gasteiger partial charge in [-0.1, -0.05) is 29.8 Å². The Morgan fingerprint density at radius 2 is 2.29 bits per heavy atom. The number of alkyl halides is 1. The Morgan fingerprint density at radius 1 is 1.64 bits per heavy atom. The van der Waals surface area contributed by atoms with Crippen LogP contribution in [0.4, 0.5) is 0 Å². The van der Waals surface area contributed by atoms with E-state index in [4.69, 9.17) is 4.74 Å². The second-order valence-electron chi connectivity index (χ2n) is 3.66. The molecule has 1 aliphatic rings. The van der Waals surface area contributed by atoms with Crippen LogP contribution < -0.4 is 5.32 Å². The maximum absolute atomic E-state index is 11.5. The van der Waals surface area contributed by atoms with Gasteiger partial charge in [0.2, 0.25) is 5.91 Å². The summed E-state index contributed by atoms with van der Waals surface area (Å²) >= 11 is 3.27. The predicted octanol–water partition coefficient (Wildman–Crippen LogP) is 0.838. The van der Waals surface area contributed by atoms with E-state index in [9.17, 15) is 9.59 Å². The second-order valence-corrected chi connectivity index (χ2v) is 4.65. The lowest BCUT2D eigenvalue weighted by molar-refractivity contribution is -0.141. The van der Waals surface area contributed by atoms with Crippen LogP contribution in [0.2, 0.25) is 0 Å². The fourth-order valence-electron chi connectivity index (χ4n) is 1.18. The van der Waals surface area contributed by atoms with Gasteiger partial charge in [0.05, 0.1) is 11.4 Å². The monoisotopic (exact) mass is 263 g/mol. The number of carbonyl (C=O) groups is 2.